The lowest BCUT2D eigenvalue weighted by Gasteiger charge is -2.13. The van der Waals surface area contributed by atoms with Crippen LogP contribution in [0.25, 0.3) is 11.0 Å². The lowest BCUT2D eigenvalue weighted by atomic mass is 10.3. The first-order chi connectivity index (χ1) is 9.26. The van der Waals surface area contributed by atoms with E-state index in [1.54, 1.807) is 11.3 Å². The number of fused-ring (bicyclic) bond motifs is 1. The van der Waals surface area contributed by atoms with E-state index in [9.17, 15) is 0 Å². The van der Waals surface area contributed by atoms with E-state index in [0.29, 0.717) is 0 Å². The molecular weight excluding hydrogens is 256 g/mol. The van der Waals surface area contributed by atoms with Crippen molar-refractivity contribution in [3.05, 3.63) is 40.3 Å². The third kappa shape index (κ3) is 2.46. The summed E-state index contributed by atoms with van der Waals surface area (Å²) in [7, 11) is 2.03. The molecule has 0 aliphatic rings. The molecule has 0 atom stereocenters. The zero-order valence-electron chi connectivity index (χ0n) is 11.1. The number of aromatic nitrogens is 3. The highest BCUT2D eigenvalue weighted by atomic mass is 32.1. The highest BCUT2D eigenvalue weighted by Gasteiger charge is 2.09. The van der Waals surface area contributed by atoms with E-state index in [0.717, 1.165) is 35.0 Å². The van der Waals surface area contributed by atoms with E-state index in [2.05, 4.69) is 26.8 Å². The molecule has 0 aliphatic carbocycles. The lowest BCUT2D eigenvalue weighted by Crippen LogP contribution is -2.17. The van der Waals surface area contributed by atoms with E-state index < -0.39 is 0 Å². The Morgan fingerprint density at radius 3 is 2.89 bits per heavy atom. The van der Waals surface area contributed by atoms with Gasteiger partial charge in [0.2, 0.25) is 5.95 Å². The fourth-order valence-electron chi connectivity index (χ4n) is 1.98. The first kappa shape index (κ1) is 12.2. The monoisotopic (exact) mass is 272 g/mol. The summed E-state index contributed by atoms with van der Waals surface area (Å²) in [5, 5.41) is 1.12. The minimum Gasteiger partial charge on any atom is -0.339 e. The van der Waals surface area contributed by atoms with E-state index in [-0.39, 0.29) is 0 Å². The van der Waals surface area contributed by atoms with Crippen LogP contribution in [0.4, 0.5) is 5.95 Å². The predicted octanol–water partition coefficient (Wildman–Crippen LogP) is 3.22. The number of benzene rings is 1. The van der Waals surface area contributed by atoms with Crippen molar-refractivity contribution in [1.82, 2.24) is 15.0 Å². The van der Waals surface area contributed by atoms with Gasteiger partial charge < -0.3 is 9.88 Å². The van der Waals surface area contributed by atoms with Crippen molar-refractivity contribution in [2.45, 2.75) is 19.9 Å². The molecule has 98 valence electrons. The fraction of sp³-hybridized carbons (Fsp3) is 0.286. The van der Waals surface area contributed by atoms with Gasteiger partial charge in [0, 0.05) is 18.1 Å². The van der Waals surface area contributed by atoms with Crippen molar-refractivity contribution in [3.8, 4) is 0 Å². The van der Waals surface area contributed by atoms with Gasteiger partial charge in [-0.2, -0.15) is 0 Å². The Morgan fingerprint density at radius 1 is 1.32 bits per heavy atom. The Labute approximate surface area is 116 Å². The van der Waals surface area contributed by atoms with Crippen LogP contribution >= 0.6 is 11.3 Å². The van der Waals surface area contributed by atoms with E-state index in [1.165, 1.54) is 4.88 Å². The van der Waals surface area contributed by atoms with Crippen molar-refractivity contribution in [2.75, 3.05) is 11.9 Å². The van der Waals surface area contributed by atoms with Gasteiger partial charge in [-0.3, -0.25) is 0 Å². The summed E-state index contributed by atoms with van der Waals surface area (Å²) in [6.45, 7) is 2.94. The van der Waals surface area contributed by atoms with Crippen LogP contribution < -0.4 is 4.90 Å². The summed E-state index contributed by atoms with van der Waals surface area (Å²) in [6.07, 6.45) is 3.01. The molecule has 2 heterocycles. The molecule has 5 heteroatoms. The molecule has 0 unspecified atom stereocenters. The molecule has 0 bridgehead atoms. The van der Waals surface area contributed by atoms with E-state index >= 15 is 0 Å². The SMILES string of the molecule is CCc1cnc(CN(C)c2nc3ccccc3[nH]2)s1. The van der Waals surface area contributed by atoms with Gasteiger partial charge in [-0.15, -0.1) is 11.3 Å². The first-order valence-electron chi connectivity index (χ1n) is 6.35. The van der Waals surface area contributed by atoms with Crippen LogP contribution in [0.5, 0.6) is 0 Å². The number of aryl methyl sites for hydroxylation is 1. The average Bonchev–Trinajstić information content (AvgIpc) is 3.04. The zero-order chi connectivity index (χ0) is 13.2. The second kappa shape index (κ2) is 5.01. The molecule has 19 heavy (non-hydrogen) atoms. The molecular formula is C14H16N4S. The third-order valence-electron chi connectivity index (χ3n) is 3.06. The number of para-hydroxylation sites is 2. The highest BCUT2D eigenvalue weighted by molar-refractivity contribution is 7.11. The molecule has 0 amide bonds. The lowest BCUT2D eigenvalue weighted by molar-refractivity contribution is 0.875. The summed E-state index contributed by atoms with van der Waals surface area (Å²) in [5.74, 6) is 0.884. The van der Waals surface area contributed by atoms with Gasteiger partial charge in [0.1, 0.15) is 5.01 Å². The van der Waals surface area contributed by atoms with Crippen molar-refractivity contribution in [3.63, 3.8) is 0 Å². The number of H-pyrrole nitrogens is 1. The molecule has 3 aromatic rings. The second-order valence-corrected chi connectivity index (χ2v) is 5.71. The van der Waals surface area contributed by atoms with Gasteiger partial charge in [0.15, 0.2) is 0 Å². The molecule has 4 nitrogen and oxygen atoms in total. The van der Waals surface area contributed by atoms with Crippen LogP contribution in [0.1, 0.15) is 16.8 Å². The van der Waals surface area contributed by atoms with Crippen molar-refractivity contribution < 1.29 is 0 Å². The van der Waals surface area contributed by atoms with Crippen LogP contribution in [0, 0.1) is 0 Å². The van der Waals surface area contributed by atoms with Crippen LogP contribution in [-0.2, 0) is 13.0 Å². The first-order valence-corrected chi connectivity index (χ1v) is 7.17. The average molecular weight is 272 g/mol. The number of nitrogens with one attached hydrogen (secondary N) is 1. The Kier molecular flexibility index (Phi) is 3.21. The summed E-state index contributed by atoms with van der Waals surface area (Å²) < 4.78 is 0. The maximum absolute atomic E-state index is 4.58. The van der Waals surface area contributed by atoms with Gasteiger partial charge >= 0.3 is 0 Å². The minimum atomic E-state index is 0.782. The van der Waals surface area contributed by atoms with Gasteiger partial charge in [-0.25, -0.2) is 9.97 Å². The van der Waals surface area contributed by atoms with Crippen LogP contribution in [0.15, 0.2) is 30.5 Å². The topological polar surface area (TPSA) is 44.8 Å². The van der Waals surface area contributed by atoms with Gasteiger partial charge in [0.05, 0.1) is 17.6 Å². The number of hydrogen-bond donors (Lipinski definition) is 1. The normalized spacial score (nSPS) is 11.1. The van der Waals surface area contributed by atoms with E-state index in [1.807, 2.05) is 37.5 Å². The predicted molar refractivity (Wildman–Crippen MR) is 79.7 cm³/mol. The largest absolute Gasteiger partial charge is 0.339 e. The van der Waals surface area contributed by atoms with Crippen LogP contribution in [-0.4, -0.2) is 22.0 Å². The number of aromatic amines is 1. The molecule has 0 fully saturated rings. The summed E-state index contributed by atoms with van der Waals surface area (Å²) in [4.78, 5) is 15.8. The zero-order valence-corrected chi connectivity index (χ0v) is 11.9. The standard InChI is InChI=1S/C14H16N4S/c1-3-10-8-15-13(19-10)9-18(2)14-16-11-6-4-5-7-12(11)17-14/h4-8H,3,9H2,1-2H3,(H,16,17). The molecule has 3 rings (SSSR count). The highest BCUT2D eigenvalue weighted by Crippen LogP contribution is 2.20. The molecule has 0 saturated carbocycles. The fourth-order valence-corrected chi connectivity index (χ4v) is 2.90. The maximum atomic E-state index is 4.58. The second-order valence-electron chi connectivity index (χ2n) is 4.51. The Morgan fingerprint density at radius 2 is 2.16 bits per heavy atom. The molecule has 0 radical (unpaired) electrons. The molecule has 0 spiro atoms. The summed E-state index contributed by atoms with van der Waals surface area (Å²) in [6, 6.07) is 8.07. The number of nitrogens with zero attached hydrogens (tertiary/aromatic N) is 3. The van der Waals surface area contributed by atoms with Crippen molar-refractivity contribution in [1.29, 1.82) is 0 Å². The summed E-state index contributed by atoms with van der Waals surface area (Å²) in [5.41, 5.74) is 2.07. The number of anilines is 1. The van der Waals surface area contributed by atoms with Gasteiger partial charge in [-0.1, -0.05) is 19.1 Å². The van der Waals surface area contributed by atoms with Crippen LogP contribution in [0.2, 0.25) is 0 Å². The molecule has 1 N–H and O–H groups in total. The molecule has 2 aromatic heterocycles. The summed E-state index contributed by atoms with van der Waals surface area (Å²) >= 11 is 1.77. The van der Waals surface area contributed by atoms with E-state index in [4.69, 9.17) is 0 Å². The number of thiazole rings is 1. The number of rotatable bonds is 4. The quantitative estimate of drug-likeness (QED) is 0.793. The molecule has 0 saturated heterocycles. The number of hydrogen-bond acceptors (Lipinski definition) is 4. The molecule has 1 aromatic carbocycles. The Hall–Kier alpha value is -1.88. The third-order valence-corrected chi connectivity index (χ3v) is 4.19. The Bertz CT molecular complexity index is 652. The van der Waals surface area contributed by atoms with Crippen molar-refractivity contribution >= 4 is 28.3 Å². The smallest absolute Gasteiger partial charge is 0.203 e. The molecule has 0 aliphatic heterocycles. The van der Waals surface area contributed by atoms with Crippen LogP contribution in [0.3, 0.4) is 0 Å². The minimum absolute atomic E-state index is 0.782. The van der Waals surface area contributed by atoms with Gasteiger partial charge in [0.25, 0.3) is 0 Å². The van der Waals surface area contributed by atoms with Gasteiger partial charge in [-0.05, 0) is 18.6 Å². The maximum Gasteiger partial charge on any atom is 0.203 e. The number of imidazole rings is 1. The van der Waals surface area contributed by atoms with Crippen molar-refractivity contribution in [2.24, 2.45) is 0 Å². The Balaban J connectivity index is 1.81.